The van der Waals surface area contributed by atoms with Crippen LogP contribution in [0.25, 0.3) is 10.9 Å². The highest BCUT2D eigenvalue weighted by Gasteiger charge is 2.24. The van der Waals surface area contributed by atoms with E-state index in [4.69, 9.17) is 4.98 Å². The van der Waals surface area contributed by atoms with Gasteiger partial charge in [-0.3, -0.25) is 9.59 Å². The summed E-state index contributed by atoms with van der Waals surface area (Å²) >= 11 is 0. The second-order valence-corrected chi connectivity index (χ2v) is 10.2. The first-order chi connectivity index (χ1) is 18.5. The van der Waals surface area contributed by atoms with Crippen molar-refractivity contribution in [2.75, 3.05) is 42.9 Å². The van der Waals surface area contributed by atoms with Gasteiger partial charge in [0.1, 0.15) is 5.75 Å². The predicted molar refractivity (Wildman–Crippen MR) is 149 cm³/mol. The van der Waals surface area contributed by atoms with Gasteiger partial charge in [-0.15, -0.1) is 0 Å². The molecule has 9 heteroatoms. The molecule has 1 aliphatic carbocycles. The van der Waals surface area contributed by atoms with Crippen molar-refractivity contribution in [3.05, 3.63) is 48.2 Å². The summed E-state index contributed by atoms with van der Waals surface area (Å²) in [6, 6.07) is 11.8. The van der Waals surface area contributed by atoms with E-state index in [1.807, 2.05) is 29.3 Å². The van der Waals surface area contributed by atoms with E-state index in [-0.39, 0.29) is 11.8 Å². The fourth-order valence-electron chi connectivity index (χ4n) is 5.55. The maximum Gasteiger partial charge on any atom is 0.227 e. The van der Waals surface area contributed by atoms with Crippen LogP contribution in [0.15, 0.2) is 42.6 Å². The first-order valence-electron chi connectivity index (χ1n) is 13.6. The molecule has 0 radical (unpaired) electrons. The van der Waals surface area contributed by atoms with Gasteiger partial charge >= 0.3 is 0 Å². The van der Waals surface area contributed by atoms with E-state index < -0.39 is 0 Å². The number of aromatic nitrogens is 2. The number of carbonyl (C=O) groups is 2. The van der Waals surface area contributed by atoms with Crippen molar-refractivity contribution in [3.8, 4) is 5.75 Å². The van der Waals surface area contributed by atoms with Gasteiger partial charge in [0, 0.05) is 74.6 Å². The third-order valence-electron chi connectivity index (χ3n) is 7.59. The van der Waals surface area contributed by atoms with Crippen molar-refractivity contribution in [1.29, 1.82) is 0 Å². The van der Waals surface area contributed by atoms with Crippen LogP contribution < -0.4 is 15.5 Å². The number of rotatable bonds is 8. The number of nitrogens with zero attached hydrogens (tertiary/aromatic N) is 4. The van der Waals surface area contributed by atoms with E-state index in [1.54, 1.807) is 6.07 Å². The van der Waals surface area contributed by atoms with Crippen LogP contribution in [0.2, 0.25) is 0 Å². The lowest BCUT2D eigenvalue weighted by Crippen LogP contribution is -2.48. The molecule has 1 aliphatic heterocycles. The summed E-state index contributed by atoms with van der Waals surface area (Å²) < 4.78 is 0. The highest BCUT2D eigenvalue weighted by molar-refractivity contribution is 5.85. The third-order valence-corrected chi connectivity index (χ3v) is 7.59. The summed E-state index contributed by atoms with van der Waals surface area (Å²) in [5.41, 5.74) is 3.78. The van der Waals surface area contributed by atoms with E-state index in [0.717, 1.165) is 53.8 Å². The van der Waals surface area contributed by atoms with Crippen LogP contribution in [0.5, 0.6) is 5.75 Å². The zero-order chi connectivity index (χ0) is 26.5. The number of anilines is 3. The largest absolute Gasteiger partial charge is 0.508 e. The number of aromatic hydroxyl groups is 1. The van der Waals surface area contributed by atoms with Gasteiger partial charge in [-0.25, -0.2) is 9.97 Å². The number of amides is 2. The molecule has 3 aromatic rings. The van der Waals surface area contributed by atoms with E-state index in [9.17, 15) is 14.7 Å². The molecule has 2 aromatic carbocycles. The lowest BCUT2D eigenvalue weighted by molar-refractivity contribution is -0.131. The second kappa shape index (κ2) is 11.7. The Morgan fingerprint density at radius 1 is 1.03 bits per heavy atom. The van der Waals surface area contributed by atoms with Crippen LogP contribution in [0, 0.1) is 0 Å². The number of phenols is 1. The zero-order valence-electron chi connectivity index (χ0n) is 21.9. The molecule has 0 spiro atoms. The Kier molecular flexibility index (Phi) is 7.91. The van der Waals surface area contributed by atoms with Gasteiger partial charge in [0.25, 0.3) is 0 Å². The molecule has 0 bridgehead atoms. The van der Waals surface area contributed by atoms with Crippen LogP contribution in [-0.2, 0) is 9.59 Å². The minimum absolute atomic E-state index is 0.0641. The molecule has 38 heavy (non-hydrogen) atoms. The van der Waals surface area contributed by atoms with Crippen molar-refractivity contribution in [2.24, 2.45) is 0 Å². The predicted octanol–water partition coefficient (Wildman–Crippen LogP) is 4.30. The molecule has 1 saturated carbocycles. The van der Waals surface area contributed by atoms with Crippen LogP contribution in [0.4, 0.5) is 17.3 Å². The van der Waals surface area contributed by atoms with Gasteiger partial charge in [-0.2, -0.15) is 0 Å². The number of nitrogens with one attached hydrogen (secondary N) is 2. The first kappa shape index (κ1) is 25.8. The molecule has 2 amide bonds. The van der Waals surface area contributed by atoms with Crippen molar-refractivity contribution >= 4 is 40.0 Å². The molecule has 1 aromatic heterocycles. The lowest BCUT2D eigenvalue weighted by atomic mass is 9.94. The van der Waals surface area contributed by atoms with E-state index in [1.165, 1.54) is 19.8 Å². The minimum atomic E-state index is -0.0641. The lowest BCUT2D eigenvalue weighted by Gasteiger charge is -2.36. The molecule has 5 rings (SSSR count). The first-order valence-corrected chi connectivity index (χ1v) is 13.6. The molecule has 2 aliphatic rings. The Balaban J connectivity index is 1.18. The topological polar surface area (TPSA) is 111 Å². The van der Waals surface area contributed by atoms with Gasteiger partial charge in [0.15, 0.2) is 0 Å². The van der Waals surface area contributed by atoms with Crippen molar-refractivity contribution in [2.45, 2.75) is 51.4 Å². The Bertz CT molecular complexity index is 1280. The summed E-state index contributed by atoms with van der Waals surface area (Å²) in [6.07, 6.45) is 7.49. The Hall–Kier alpha value is -3.88. The molecular weight excluding hydrogens is 480 g/mol. The molecule has 9 nitrogen and oxygen atoms in total. The van der Waals surface area contributed by atoms with Crippen LogP contribution in [-0.4, -0.2) is 64.5 Å². The molecule has 0 atom stereocenters. The fraction of sp³-hybridized carbons (Fsp3) is 0.448. The average Bonchev–Trinajstić information content (AvgIpc) is 3.46. The molecule has 1 saturated heterocycles. The second-order valence-electron chi connectivity index (χ2n) is 10.2. The standard InChI is InChI=1S/C29H36N6O3/c1-20(36)30-14-4-7-26(38)35-17-15-34(16-18-35)24-11-9-23(10-12-24)32-29-31-19-22-8-13-25(37)27(28(22)33-29)21-5-2-3-6-21/h8-13,19,21,37H,2-7,14-18H2,1H3,(H,30,36)(H,31,32,33). The number of carbonyl (C=O) groups excluding carboxylic acids is 2. The maximum absolute atomic E-state index is 12.5. The third kappa shape index (κ3) is 5.98. The Morgan fingerprint density at radius 2 is 1.76 bits per heavy atom. The number of piperazine rings is 1. The summed E-state index contributed by atoms with van der Waals surface area (Å²) in [4.78, 5) is 36.9. The highest BCUT2D eigenvalue weighted by atomic mass is 16.3. The summed E-state index contributed by atoms with van der Waals surface area (Å²) in [6.45, 7) is 4.98. The Labute approximate surface area is 223 Å². The Morgan fingerprint density at radius 3 is 2.47 bits per heavy atom. The fourth-order valence-corrected chi connectivity index (χ4v) is 5.55. The van der Waals surface area contributed by atoms with Crippen LogP contribution in [0.1, 0.15) is 56.9 Å². The average molecular weight is 517 g/mol. The van der Waals surface area contributed by atoms with E-state index in [0.29, 0.717) is 50.1 Å². The van der Waals surface area contributed by atoms with Gasteiger partial charge in [-0.05, 0) is 61.6 Å². The van der Waals surface area contributed by atoms with E-state index >= 15 is 0 Å². The minimum Gasteiger partial charge on any atom is -0.508 e. The quantitative estimate of drug-likeness (QED) is 0.383. The molecule has 2 heterocycles. The van der Waals surface area contributed by atoms with Crippen LogP contribution in [0.3, 0.4) is 0 Å². The SMILES string of the molecule is CC(=O)NCCCC(=O)N1CCN(c2ccc(Nc3ncc4ccc(O)c(C5CCCC5)c4n3)cc2)CC1. The maximum atomic E-state index is 12.5. The number of benzene rings is 2. The van der Waals surface area contributed by atoms with Gasteiger partial charge in [0.05, 0.1) is 5.52 Å². The zero-order valence-corrected chi connectivity index (χ0v) is 21.9. The molecular formula is C29H36N6O3. The smallest absolute Gasteiger partial charge is 0.227 e. The van der Waals surface area contributed by atoms with Gasteiger partial charge in [0.2, 0.25) is 17.8 Å². The van der Waals surface area contributed by atoms with Gasteiger partial charge < -0.3 is 25.5 Å². The molecule has 3 N–H and O–H groups in total. The number of fused-ring (bicyclic) bond motifs is 1. The summed E-state index contributed by atoms with van der Waals surface area (Å²) in [5.74, 6) is 1.27. The van der Waals surface area contributed by atoms with Crippen LogP contribution >= 0.6 is 0 Å². The molecule has 2 fully saturated rings. The number of hydrogen-bond acceptors (Lipinski definition) is 7. The highest BCUT2D eigenvalue weighted by Crippen LogP contribution is 2.41. The van der Waals surface area contributed by atoms with E-state index in [2.05, 4.69) is 32.7 Å². The normalized spacial score (nSPS) is 16.1. The van der Waals surface area contributed by atoms with Crippen molar-refractivity contribution in [1.82, 2.24) is 20.2 Å². The number of phenolic OH excluding ortho intramolecular Hbond substituents is 1. The summed E-state index contributed by atoms with van der Waals surface area (Å²) in [5, 5.41) is 17.6. The van der Waals surface area contributed by atoms with Crippen molar-refractivity contribution in [3.63, 3.8) is 0 Å². The molecule has 200 valence electrons. The van der Waals surface area contributed by atoms with Gasteiger partial charge in [-0.1, -0.05) is 12.8 Å². The monoisotopic (exact) mass is 516 g/mol. The summed E-state index contributed by atoms with van der Waals surface area (Å²) in [7, 11) is 0. The molecule has 0 unspecified atom stereocenters. The number of hydrogen-bond donors (Lipinski definition) is 3. The van der Waals surface area contributed by atoms with Crippen molar-refractivity contribution < 1.29 is 14.7 Å².